The average molecular weight is 262 g/mol. The number of carbonyl (C=O) groups is 1. The third-order valence-electron chi connectivity index (χ3n) is 2.35. The Morgan fingerprint density at radius 2 is 2.00 bits per heavy atom. The number of Topliss-reactive ketones (excluding diaryl/α,β-unsaturated/α-hetero) is 1. The van der Waals surface area contributed by atoms with Crippen LogP contribution in [0.4, 0.5) is 4.39 Å². The lowest BCUT2D eigenvalue weighted by atomic mass is 10.1. The molecule has 1 atom stereocenters. The van der Waals surface area contributed by atoms with Gasteiger partial charge in [0.05, 0.1) is 5.25 Å². The molecule has 1 unspecified atom stereocenters. The van der Waals surface area contributed by atoms with Gasteiger partial charge in [-0.2, -0.15) is 0 Å². The minimum atomic E-state index is -0.345. The van der Waals surface area contributed by atoms with Gasteiger partial charge in [-0.1, -0.05) is 11.8 Å². The van der Waals surface area contributed by atoms with Gasteiger partial charge in [0.15, 0.2) is 5.78 Å². The Labute approximate surface area is 108 Å². The predicted octanol–water partition coefficient (Wildman–Crippen LogP) is 2.98. The van der Waals surface area contributed by atoms with Crippen molar-refractivity contribution < 1.29 is 9.18 Å². The molecular formula is C13H11FN2OS. The van der Waals surface area contributed by atoms with E-state index in [4.69, 9.17) is 0 Å². The normalized spacial score (nSPS) is 12.1. The molecule has 0 saturated heterocycles. The molecule has 1 aromatic carbocycles. The van der Waals surface area contributed by atoms with Crippen molar-refractivity contribution in [2.75, 3.05) is 0 Å². The fraction of sp³-hybridized carbons (Fsp3) is 0.154. The van der Waals surface area contributed by atoms with Crippen molar-refractivity contribution in [1.82, 2.24) is 9.97 Å². The Balaban J connectivity index is 2.07. The molecule has 3 nitrogen and oxygen atoms in total. The molecule has 0 saturated carbocycles. The zero-order valence-electron chi connectivity index (χ0n) is 9.71. The van der Waals surface area contributed by atoms with Crippen LogP contribution in [0.15, 0.2) is 47.9 Å². The summed E-state index contributed by atoms with van der Waals surface area (Å²) >= 11 is 1.36. The van der Waals surface area contributed by atoms with Crippen LogP contribution < -0.4 is 0 Å². The van der Waals surface area contributed by atoms with Crippen molar-refractivity contribution in [2.24, 2.45) is 0 Å². The Morgan fingerprint density at radius 1 is 1.28 bits per heavy atom. The number of carbonyl (C=O) groups excluding carboxylic acids is 1. The van der Waals surface area contributed by atoms with Crippen LogP contribution in [-0.4, -0.2) is 21.0 Å². The summed E-state index contributed by atoms with van der Waals surface area (Å²) in [6, 6.07) is 7.31. The molecule has 0 aliphatic carbocycles. The molecule has 0 bridgehead atoms. The first-order valence-electron chi connectivity index (χ1n) is 5.39. The number of hydrogen-bond donors (Lipinski definition) is 0. The van der Waals surface area contributed by atoms with E-state index in [9.17, 15) is 9.18 Å². The summed E-state index contributed by atoms with van der Waals surface area (Å²) in [5, 5.41) is 0.471. The molecule has 0 N–H and O–H groups in total. The monoisotopic (exact) mass is 262 g/mol. The standard InChI is InChI=1S/C13H11FN2OS/c1-9(18-12-6-7-15-8-16-12)13(17)10-2-4-11(14)5-3-10/h2-9H,1H3. The van der Waals surface area contributed by atoms with E-state index in [2.05, 4.69) is 9.97 Å². The highest BCUT2D eigenvalue weighted by molar-refractivity contribution is 8.00. The SMILES string of the molecule is CC(Sc1ccncn1)C(=O)c1ccc(F)cc1. The van der Waals surface area contributed by atoms with Crippen molar-refractivity contribution in [3.05, 3.63) is 54.2 Å². The van der Waals surface area contributed by atoms with Crippen LogP contribution in [0.2, 0.25) is 0 Å². The summed E-state index contributed by atoms with van der Waals surface area (Å²) in [5.41, 5.74) is 0.505. The lowest BCUT2D eigenvalue weighted by molar-refractivity contribution is 0.0994. The minimum absolute atomic E-state index is 0.0430. The van der Waals surface area contributed by atoms with E-state index in [1.165, 1.54) is 42.4 Å². The van der Waals surface area contributed by atoms with Gasteiger partial charge in [0.2, 0.25) is 0 Å². The van der Waals surface area contributed by atoms with E-state index in [0.717, 1.165) is 5.03 Å². The van der Waals surface area contributed by atoms with Crippen molar-refractivity contribution in [1.29, 1.82) is 0 Å². The average Bonchev–Trinajstić information content (AvgIpc) is 2.40. The van der Waals surface area contributed by atoms with Crippen LogP contribution >= 0.6 is 11.8 Å². The first-order chi connectivity index (χ1) is 8.66. The second-order valence-corrected chi connectivity index (χ2v) is 5.04. The zero-order valence-corrected chi connectivity index (χ0v) is 10.5. The molecule has 0 fully saturated rings. The Hall–Kier alpha value is -1.75. The molecule has 2 rings (SSSR count). The van der Waals surface area contributed by atoms with E-state index in [1.54, 1.807) is 19.2 Å². The highest BCUT2D eigenvalue weighted by Crippen LogP contribution is 2.23. The quantitative estimate of drug-likeness (QED) is 0.482. The summed E-state index contributed by atoms with van der Waals surface area (Å²) in [6.07, 6.45) is 3.07. The van der Waals surface area contributed by atoms with E-state index < -0.39 is 0 Å². The van der Waals surface area contributed by atoms with Crippen molar-refractivity contribution in [3.63, 3.8) is 0 Å². The number of halogens is 1. The molecule has 1 heterocycles. The third kappa shape index (κ3) is 3.13. The maximum atomic E-state index is 12.8. The molecule has 0 radical (unpaired) electrons. The molecule has 5 heteroatoms. The molecule has 0 aliphatic heterocycles. The van der Waals surface area contributed by atoms with Gasteiger partial charge >= 0.3 is 0 Å². The Kier molecular flexibility index (Phi) is 4.04. The molecule has 92 valence electrons. The number of ketones is 1. The van der Waals surface area contributed by atoms with Gasteiger partial charge in [0, 0.05) is 11.8 Å². The number of hydrogen-bond acceptors (Lipinski definition) is 4. The maximum Gasteiger partial charge on any atom is 0.175 e. The lowest BCUT2D eigenvalue weighted by Crippen LogP contribution is -2.13. The second kappa shape index (κ2) is 5.73. The molecule has 0 aliphatic rings. The van der Waals surface area contributed by atoms with Crippen LogP contribution in [-0.2, 0) is 0 Å². The molecular weight excluding hydrogens is 251 g/mol. The van der Waals surface area contributed by atoms with E-state index in [-0.39, 0.29) is 16.9 Å². The zero-order chi connectivity index (χ0) is 13.0. The van der Waals surface area contributed by atoms with E-state index >= 15 is 0 Å². The fourth-order valence-electron chi connectivity index (χ4n) is 1.43. The first kappa shape index (κ1) is 12.7. The largest absolute Gasteiger partial charge is 0.293 e. The smallest absolute Gasteiger partial charge is 0.175 e. The summed E-state index contributed by atoms with van der Waals surface area (Å²) in [5.74, 6) is -0.388. The van der Waals surface area contributed by atoms with Crippen molar-refractivity contribution >= 4 is 17.5 Å². The topological polar surface area (TPSA) is 42.9 Å². The first-order valence-corrected chi connectivity index (χ1v) is 6.27. The summed E-state index contributed by atoms with van der Waals surface area (Å²) in [7, 11) is 0. The predicted molar refractivity (Wildman–Crippen MR) is 68.1 cm³/mol. The van der Waals surface area contributed by atoms with Gasteiger partial charge < -0.3 is 0 Å². The molecule has 1 aromatic heterocycles. The number of benzene rings is 1. The van der Waals surface area contributed by atoms with E-state index in [0.29, 0.717) is 5.56 Å². The Morgan fingerprint density at radius 3 is 2.61 bits per heavy atom. The number of aromatic nitrogens is 2. The molecule has 18 heavy (non-hydrogen) atoms. The van der Waals surface area contributed by atoms with Gasteiger partial charge in [-0.05, 0) is 37.3 Å². The molecule has 0 amide bonds. The van der Waals surface area contributed by atoms with E-state index in [1.807, 2.05) is 0 Å². The lowest BCUT2D eigenvalue weighted by Gasteiger charge is -2.09. The number of thioether (sulfide) groups is 1. The minimum Gasteiger partial charge on any atom is -0.293 e. The maximum absolute atomic E-state index is 12.8. The number of nitrogens with zero attached hydrogens (tertiary/aromatic N) is 2. The fourth-order valence-corrected chi connectivity index (χ4v) is 2.28. The van der Waals surface area contributed by atoms with Gasteiger partial charge in [0.1, 0.15) is 17.2 Å². The summed E-state index contributed by atoms with van der Waals surface area (Å²) < 4.78 is 12.8. The van der Waals surface area contributed by atoms with Gasteiger partial charge in [0.25, 0.3) is 0 Å². The van der Waals surface area contributed by atoms with Crippen LogP contribution in [0.5, 0.6) is 0 Å². The van der Waals surface area contributed by atoms with Crippen LogP contribution in [0.3, 0.4) is 0 Å². The summed E-state index contributed by atoms with van der Waals surface area (Å²) in [6.45, 7) is 1.80. The highest BCUT2D eigenvalue weighted by Gasteiger charge is 2.16. The van der Waals surface area contributed by atoms with Gasteiger partial charge in [-0.3, -0.25) is 4.79 Å². The number of rotatable bonds is 4. The molecule has 0 spiro atoms. The van der Waals surface area contributed by atoms with Crippen LogP contribution in [0.25, 0.3) is 0 Å². The highest BCUT2D eigenvalue weighted by atomic mass is 32.2. The Bertz CT molecular complexity index is 530. The second-order valence-electron chi connectivity index (χ2n) is 3.68. The van der Waals surface area contributed by atoms with Crippen LogP contribution in [0, 0.1) is 5.82 Å². The summed E-state index contributed by atoms with van der Waals surface area (Å²) in [4.78, 5) is 19.9. The van der Waals surface area contributed by atoms with Gasteiger partial charge in [-0.15, -0.1) is 0 Å². The third-order valence-corrected chi connectivity index (χ3v) is 3.40. The molecule has 2 aromatic rings. The van der Waals surface area contributed by atoms with Crippen molar-refractivity contribution in [3.8, 4) is 0 Å². The van der Waals surface area contributed by atoms with Crippen LogP contribution in [0.1, 0.15) is 17.3 Å². The van der Waals surface area contributed by atoms with Crippen molar-refractivity contribution in [2.45, 2.75) is 17.2 Å². The van der Waals surface area contributed by atoms with Gasteiger partial charge in [-0.25, -0.2) is 14.4 Å².